The number of carboxylic acids is 1. The average Bonchev–Trinajstić information content (AvgIpc) is 2.97. The van der Waals surface area contributed by atoms with Crippen LogP contribution in [0.4, 0.5) is 0 Å². The normalized spacial score (nSPS) is 12.9. The summed E-state index contributed by atoms with van der Waals surface area (Å²) >= 11 is 1.05. The van der Waals surface area contributed by atoms with Crippen LogP contribution >= 0.6 is 11.3 Å². The van der Waals surface area contributed by atoms with Crippen LogP contribution in [0.2, 0.25) is 0 Å². The molecule has 138 valence electrons. The van der Waals surface area contributed by atoms with Crippen LogP contribution in [-0.4, -0.2) is 27.9 Å². The molecule has 2 aromatic rings. The van der Waals surface area contributed by atoms with Crippen molar-refractivity contribution in [3.63, 3.8) is 0 Å². The maximum atomic E-state index is 12.4. The predicted molar refractivity (Wildman–Crippen MR) is 98.0 cm³/mol. The van der Waals surface area contributed by atoms with Gasteiger partial charge in [-0.1, -0.05) is 30.3 Å². The number of carbonyl (C=O) groups excluding carboxylic acids is 2. The molecule has 0 aliphatic rings. The van der Waals surface area contributed by atoms with Crippen molar-refractivity contribution < 1.29 is 19.5 Å². The molecule has 0 aliphatic carbocycles. The van der Waals surface area contributed by atoms with Crippen molar-refractivity contribution in [2.24, 2.45) is 0 Å². The number of aromatic carboxylic acids is 1. The van der Waals surface area contributed by atoms with E-state index in [-0.39, 0.29) is 23.1 Å². The van der Waals surface area contributed by atoms with E-state index in [0.717, 1.165) is 16.9 Å². The zero-order valence-electron chi connectivity index (χ0n) is 14.8. The van der Waals surface area contributed by atoms with Gasteiger partial charge >= 0.3 is 5.97 Å². The van der Waals surface area contributed by atoms with E-state index in [1.165, 1.54) is 6.92 Å². The number of aryl methyl sites for hydroxylation is 1. The summed E-state index contributed by atoms with van der Waals surface area (Å²) < 4.78 is 0. The smallest absolute Gasteiger partial charge is 0.347 e. The van der Waals surface area contributed by atoms with E-state index in [1.807, 2.05) is 30.3 Å². The highest BCUT2D eigenvalue weighted by atomic mass is 32.1. The van der Waals surface area contributed by atoms with Crippen molar-refractivity contribution in [3.05, 3.63) is 51.5 Å². The zero-order valence-corrected chi connectivity index (χ0v) is 15.6. The molecule has 1 aromatic carbocycles. The minimum Gasteiger partial charge on any atom is -0.477 e. The molecule has 0 saturated carbocycles. The summed E-state index contributed by atoms with van der Waals surface area (Å²) in [5.74, 6) is -1.51. The van der Waals surface area contributed by atoms with Crippen LogP contribution < -0.4 is 10.6 Å². The van der Waals surface area contributed by atoms with Gasteiger partial charge in [0.2, 0.25) is 11.8 Å². The van der Waals surface area contributed by atoms with E-state index in [2.05, 4.69) is 15.6 Å². The van der Waals surface area contributed by atoms with Crippen molar-refractivity contribution in [2.75, 3.05) is 0 Å². The Morgan fingerprint density at radius 2 is 1.85 bits per heavy atom. The Kier molecular flexibility index (Phi) is 6.46. The Morgan fingerprint density at radius 3 is 2.38 bits per heavy atom. The summed E-state index contributed by atoms with van der Waals surface area (Å²) in [6.45, 7) is 4.78. The van der Waals surface area contributed by atoms with Gasteiger partial charge in [0.1, 0.15) is 9.88 Å². The van der Waals surface area contributed by atoms with Gasteiger partial charge in [-0.15, -0.1) is 11.3 Å². The lowest BCUT2D eigenvalue weighted by atomic mass is 10.0. The van der Waals surface area contributed by atoms with Crippen LogP contribution in [-0.2, 0) is 9.59 Å². The van der Waals surface area contributed by atoms with Gasteiger partial charge in [0.25, 0.3) is 0 Å². The highest BCUT2D eigenvalue weighted by molar-refractivity contribution is 7.13. The first kappa shape index (κ1) is 19.6. The Hall–Kier alpha value is -2.74. The second kappa shape index (κ2) is 8.57. The quantitative estimate of drug-likeness (QED) is 0.689. The SMILES string of the molecule is CC(=O)NC(CC(=O)NC(C)c1nc(C)c(C(=O)O)s1)c1ccccc1. The van der Waals surface area contributed by atoms with Crippen LogP contribution in [0.15, 0.2) is 30.3 Å². The standard InChI is InChI=1S/C18H21N3O4S/c1-10-16(18(24)25)26-17(20-10)11(2)19-15(23)9-14(21-12(3)22)13-7-5-4-6-8-13/h4-8,11,14H,9H2,1-3H3,(H,19,23)(H,21,22)(H,24,25). The Morgan fingerprint density at radius 1 is 1.19 bits per heavy atom. The number of hydrogen-bond acceptors (Lipinski definition) is 5. The summed E-state index contributed by atoms with van der Waals surface area (Å²) in [4.78, 5) is 39.4. The number of nitrogens with one attached hydrogen (secondary N) is 2. The third-order valence-electron chi connectivity index (χ3n) is 3.72. The van der Waals surface area contributed by atoms with Crippen molar-refractivity contribution in [1.82, 2.24) is 15.6 Å². The Labute approximate surface area is 155 Å². The molecule has 7 nitrogen and oxygen atoms in total. The summed E-state index contributed by atoms with van der Waals surface area (Å²) in [7, 11) is 0. The minimum atomic E-state index is -1.03. The van der Waals surface area contributed by atoms with Crippen LogP contribution in [0.25, 0.3) is 0 Å². The summed E-state index contributed by atoms with van der Waals surface area (Å²) in [5, 5.41) is 15.2. The molecule has 8 heteroatoms. The van der Waals surface area contributed by atoms with Crippen molar-refractivity contribution in [3.8, 4) is 0 Å². The molecule has 0 radical (unpaired) electrons. The number of nitrogens with zero attached hydrogens (tertiary/aromatic N) is 1. The summed E-state index contributed by atoms with van der Waals surface area (Å²) in [6, 6.07) is 8.39. The predicted octanol–water partition coefficient (Wildman–Crippen LogP) is 2.59. The first-order valence-electron chi connectivity index (χ1n) is 8.10. The molecule has 2 unspecified atom stereocenters. The summed E-state index contributed by atoms with van der Waals surface area (Å²) in [5.41, 5.74) is 1.27. The van der Waals surface area contributed by atoms with Crippen LogP contribution in [0, 0.1) is 6.92 Å². The monoisotopic (exact) mass is 375 g/mol. The molecule has 3 N–H and O–H groups in total. The van der Waals surface area contributed by atoms with E-state index in [0.29, 0.717) is 10.7 Å². The van der Waals surface area contributed by atoms with Crippen molar-refractivity contribution in [1.29, 1.82) is 0 Å². The summed E-state index contributed by atoms with van der Waals surface area (Å²) in [6.07, 6.45) is 0.0735. The maximum absolute atomic E-state index is 12.4. The molecular formula is C18H21N3O4S. The van der Waals surface area contributed by atoms with Gasteiger partial charge in [0, 0.05) is 6.92 Å². The number of amides is 2. The number of aromatic nitrogens is 1. The molecule has 0 spiro atoms. The third kappa shape index (κ3) is 5.13. The van der Waals surface area contributed by atoms with Crippen molar-refractivity contribution in [2.45, 2.75) is 39.3 Å². The second-order valence-electron chi connectivity index (χ2n) is 5.93. The van der Waals surface area contributed by atoms with Gasteiger partial charge in [0.05, 0.1) is 24.2 Å². The molecule has 0 saturated heterocycles. The van der Waals surface area contributed by atoms with Gasteiger partial charge in [-0.3, -0.25) is 9.59 Å². The third-order valence-corrected chi connectivity index (χ3v) is 5.05. The fourth-order valence-electron chi connectivity index (χ4n) is 2.53. The minimum absolute atomic E-state index is 0.0735. The Bertz CT molecular complexity index is 804. The van der Waals surface area contributed by atoms with Crippen LogP contribution in [0.1, 0.15) is 58.3 Å². The number of rotatable bonds is 7. The molecule has 2 atom stereocenters. The largest absolute Gasteiger partial charge is 0.477 e. The number of carboxylic acid groups (broad SMARTS) is 1. The van der Waals surface area contributed by atoms with Gasteiger partial charge < -0.3 is 15.7 Å². The maximum Gasteiger partial charge on any atom is 0.347 e. The second-order valence-corrected chi connectivity index (χ2v) is 6.96. The van der Waals surface area contributed by atoms with E-state index in [1.54, 1.807) is 13.8 Å². The number of hydrogen-bond donors (Lipinski definition) is 3. The van der Waals surface area contributed by atoms with Crippen LogP contribution in [0.5, 0.6) is 0 Å². The number of carbonyl (C=O) groups is 3. The molecular weight excluding hydrogens is 354 g/mol. The van der Waals surface area contributed by atoms with Gasteiger partial charge in [-0.25, -0.2) is 9.78 Å². The molecule has 2 rings (SSSR count). The van der Waals surface area contributed by atoms with Crippen LogP contribution in [0.3, 0.4) is 0 Å². The Balaban J connectivity index is 2.06. The fourth-order valence-corrected chi connectivity index (χ4v) is 3.44. The fraction of sp³-hybridized carbons (Fsp3) is 0.333. The van der Waals surface area contributed by atoms with E-state index in [9.17, 15) is 14.4 Å². The number of thiazole rings is 1. The van der Waals surface area contributed by atoms with Gasteiger partial charge in [-0.2, -0.15) is 0 Å². The van der Waals surface area contributed by atoms with Crippen molar-refractivity contribution >= 4 is 29.1 Å². The zero-order chi connectivity index (χ0) is 19.3. The lowest BCUT2D eigenvalue weighted by Crippen LogP contribution is -2.33. The van der Waals surface area contributed by atoms with Gasteiger partial charge in [-0.05, 0) is 19.4 Å². The molecule has 1 heterocycles. The lowest BCUT2D eigenvalue weighted by molar-refractivity contribution is -0.123. The van der Waals surface area contributed by atoms with E-state index < -0.39 is 18.1 Å². The first-order chi connectivity index (χ1) is 12.3. The average molecular weight is 375 g/mol. The highest BCUT2D eigenvalue weighted by Gasteiger charge is 2.21. The lowest BCUT2D eigenvalue weighted by Gasteiger charge is -2.19. The topological polar surface area (TPSA) is 108 Å². The molecule has 0 aliphatic heterocycles. The molecule has 26 heavy (non-hydrogen) atoms. The van der Waals surface area contributed by atoms with E-state index >= 15 is 0 Å². The van der Waals surface area contributed by atoms with E-state index in [4.69, 9.17) is 5.11 Å². The molecule has 1 aromatic heterocycles. The molecule has 0 fully saturated rings. The highest BCUT2D eigenvalue weighted by Crippen LogP contribution is 2.24. The molecule has 2 amide bonds. The molecule has 0 bridgehead atoms. The number of benzene rings is 1. The first-order valence-corrected chi connectivity index (χ1v) is 8.91. The van der Waals surface area contributed by atoms with Gasteiger partial charge in [0.15, 0.2) is 0 Å².